The first-order valence-corrected chi connectivity index (χ1v) is 8.82. The van der Waals surface area contributed by atoms with Crippen molar-refractivity contribution in [2.75, 3.05) is 6.54 Å². The summed E-state index contributed by atoms with van der Waals surface area (Å²) in [7, 11) is 0. The molecule has 4 rings (SSSR count). The lowest BCUT2D eigenvalue weighted by molar-refractivity contribution is -0.124. The third-order valence-electron chi connectivity index (χ3n) is 4.60. The van der Waals surface area contributed by atoms with E-state index in [1.54, 1.807) is 12.5 Å². The number of piperidine rings is 1. The third-order valence-corrected chi connectivity index (χ3v) is 4.60. The van der Waals surface area contributed by atoms with E-state index < -0.39 is 0 Å². The number of fused-ring (bicyclic) bond motifs is 1. The zero-order valence-electron chi connectivity index (χ0n) is 14.4. The van der Waals surface area contributed by atoms with Gasteiger partial charge in [0.05, 0.1) is 18.8 Å². The normalized spacial score (nSPS) is 20.0. The van der Waals surface area contributed by atoms with Gasteiger partial charge in [0.25, 0.3) is 0 Å². The van der Waals surface area contributed by atoms with E-state index in [4.69, 9.17) is 9.15 Å². The van der Waals surface area contributed by atoms with Gasteiger partial charge >= 0.3 is 0 Å². The minimum atomic E-state index is -0.256. The van der Waals surface area contributed by atoms with Crippen LogP contribution in [0.5, 0.6) is 5.75 Å². The number of hydrogen-bond donors (Lipinski definition) is 2. The van der Waals surface area contributed by atoms with Crippen LogP contribution in [-0.4, -0.2) is 29.6 Å². The molecule has 2 N–H and O–H groups in total. The molecule has 1 aliphatic rings. The van der Waals surface area contributed by atoms with Crippen LogP contribution in [-0.2, 0) is 11.3 Å². The molecule has 0 aliphatic carbocycles. The highest BCUT2D eigenvalue weighted by molar-refractivity contribution is 5.83. The number of nitrogens with zero attached hydrogens (tertiary/aromatic N) is 1. The highest BCUT2D eigenvalue weighted by Gasteiger charge is 2.28. The molecule has 0 spiro atoms. The fourth-order valence-electron chi connectivity index (χ4n) is 3.23. The summed E-state index contributed by atoms with van der Waals surface area (Å²) >= 11 is 0. The van der Waals surface area contributed by atoms with E-state index >= 15 is 0 Å². The topological polar surface area (TPSA) is 76.4 Å². The summed E-state index contributed by atoms with van der Waals surface area (Å²) in [6, 6.07) is 11.3. The quantitative estimate of drug-likeness (QED) is 0.739. The van der Waals surface area contributed by atoms with Gasteiger partial charge in [-0.3, -0.25) is 9.78 Å². The Hall–Kier alpha value is -2.86. The fourth-order valence-corrected chi connectivity index (χ4v) is 3.23. The molecule has 0 saturated carbocycles. The fraction of sp³-hybridized carbons (Fsp3) is 0.300. The van der Waals surface area contributed by atoms with Crippen molar-refractivity contribution >= 4 is 16.7 Å². The van der Waals surface area contributed by atoms with Gasteiger partial charge in [0.1, 0.15) is 17.6 Å². The number of nitrogens with one attached hydrogen (secondary N) is 2. The monoisotopic (exact) mass is 351 g/mol. The summed E-state index contributed by atoms with van der Waals surface area (Å²) in [6.45, 7) is 1.15. The number of rotatable bonds is 5. The number of carbonyl (C=O) groups is 1. The average Bonchev–Trinajstić information content (AvgIpc) is 3.20. The Labute approximate surface area is 151 Å². The van der Waals surface area contributed by atoms with Crippen molar-refractivity contribution in [3.05, 3.63) is 60.8 Å². The first kappa shape index (κ1) is 16.6. The van der Waals surface area contributed by atoms with Crippen LogP contribution in [0.4, 0.5) is 0 Å². The highest BCUT2D eigenvalue weighted by atomic mass is 16.5. The molecule has 1 saturated heterocycles. The lowest BCUT2D eigenvalue weighted by Crippen LogP contribution is -2.50. The summed E-state index contributed by atoms with van der Waals surface area (Å²) in [4.78, 5) is 16.5. The van der Waals surface area contributed by atoms with Crippen molar-refractivity contribution in [2.45, 2.75) is 31.5 Å². The smallest absolute Gasteiger partial charge is 0.237 e. The van der Waals surface area contributed by atoms with Gasteiger partial charge in [0.15, 0.2) is 0 Å². The Bertz CT molecular complexity index is 879. The van der Waals surface area contributed by atoms with E-state index in [9.17, 15) is 4.79 Å². The minimum absolute atomic E-state index is 0.00917. The van der Waals surface area contributed by atoms with Gasteiger partial charge in [-0.1, -0.05) is 0 Å². The Morgan fingerprint density at radius 2 is 2.27 bits per heavy atom. The molecule has 3 aromatic rings. The van der Waals surface area contributed by atoms with E-state index in [1.807, 2.05) is 42.6 Å². The van der Waals surface area contributed by atoms with Gasteiger partial charge in [-0.2, -0.15) is 0 Å². The molecule has 1 fully saturated rings. The van der Waals surface area contributed by atoms with Gasteiger partial charge in [-0.05, 0) is 54.8 Å². The van der Waals surface area contributed by atoms with Crippen molar-refractivity contribution in [1.29, 1.82) is 0 Å². The first-order valence-electron chi connectivity index (χ1n) is 8.82. The van der Waals surface area contributed by atoms with E-state index in [1.165, 1.54) is 0 Å². The highest BCUT2D eigenvalue weighted by Crippen LogP contribution is 2.23. The maximum atomic E-state index is 12.4. The standard InChI is InChI=1S/C20H21N3O3/c24-20(23-13-18-2-1-9-25-18)19-11-17(6-8-22-19)26-16-4-3-15-12-21-7-5-14(15)10-16/h1-5,7,9-10,12,17,19,22H,6,8,11,13H2,(H,23,24)/t17-,19-/m1/s1. The maximum absolute atomic E-state index is 12.4. The molecule has 6 heteroatoms. The van der Waals surface area contributed by atoms with Crippen molar-refractivity contribution < 1.29 is 13.9 Å². The van der Waals surface area contributed by atoms with Crippen molar-refractivity contribution in [3.8, 4) is 5.75 Å². The third kappa shape index (κ3) is 3.86. The van der Waals surface area contributed by atoms with Gasteiger partial charge in [-0.15, -0.1) is 0 Å². The zero-order valence-corrected chi connectivity index (χ0v) is 14.4. The summed E-state index contributed by atoms with van der Waals surface area (Å²) < 4.78 is 11.4. The Balaban J connectivity index is 1.35. The van der Waals surface area contributed by atoms with Crippen LogP contribution in [0.15, 0.2) is 59.5 Å². The predicted molar refractivity (Wildman–Crippen MR) is 97.7 cm³/mol. The Kier molecular flexibility index (Phi) is 4.84. The number of benzene rings is 1. The Morgan fingerprint density at radius 1 is 1.31 bits per heavy atom. The molecule has 1 aliphatic heterocycles. The number of carbonyl (C=O) groups excluding carboxylic acids is 1. The molecular weight excluding hydrogens is 330 g/mol. The van der Waals surface area contributed by atoms with Gasteiger partial charge in [-0.25, -0.2) is 0 Å². The number of amides is 1. The molecule has 1 amide bonds. The van der Waals surface area contributed by atoms with Crippen molar-refractivity contribution in [2.24, 2.45) is 0 Å². The number of furan rings is 1. The molecule has 3 heterocycles. The van der Waals surface area contributed by atoms with E-state index in [-0.39, 0.29) is 18.1 Å². The van der Waals surface area contributed by atoms with Crippen LogP contribution in [0.25, 0.3) is 10.8 Å². The summed E-state index contributed by atoms with van der Waals surface area (Å²) in [5.74, 6) is 1.54. The molecule has 2 atom stereocenters. The largest absolute Gasteiger partial charge is 0.490 e. The second kappa shape index (κ2) is 7.58. The Morgan fingerprint density at radius 3 is 3.15 bits per heavy atom. The summed E-state index contributed by atoms with van der Waals surface area (Å²) in [5.41, 5.74) is 0. The molecule has 26 heavy (non-hydrogen) atoms. The van der Waals surface area contributed by atoms with Crippen LogP contribution in [0.2, 0.25) is 0 Å². The molecule has 6 nitrogen and oxygen atoms in total. The number of ether oxygens (including phenoxy) is 1. The number of hydrogen-bond acceptors (Lipinski definition) is 5. The lowest BCUT2D eigenvalue weighted by Gasteiger charge is -2.30. The van der Waals surface area contributed by atoms with Crippen LogP contribution >= 0.6 is 0 Å². The second-order valence-corrected chi connectivity index (χ2v) is 6.45. The van der Waals surface area contributed by atoms with Gasteiger partial charge in [0, 0.05) is 24.2 Å². The summed E-state index contributed by atoms with van der Waals surface area (Å²) in [5, 5.41) is 8.35. The van der Waals surface area contributed by atoms with Crippen LogP contribution in [0.1, 0.15) is 18.6 Å². The van der Waals surface area contributed by atoms with Gasteiger partial charge in [0.2, 0.25) is 5.91 Å². The maximum Gasteiger partial charge on any atom is 0.237 e. The van der Waals surface area contributed by atoms with Crippen LogP contribution < -0.4 is 15.4 Å². The van der Waals surface area contributed by atoms with Crippen LogP contribution in [0.3, 0.4) is 0 Å². The van der Waals surface area contributed by atoms with Crippen molar-refractivity contribution in [3.63, 3.8) is 0 Å². The molecule has 0 unspecified atom stereocenters. The molecule has 0 radical (unpaired) electrons. The van der Waals surface area contributed by atoms with Gasteiger partial charge < -0.3 is 19.8 Å². The van der Waals surface area contributed by atoms with E-state index in [0.717, 1.165) is 35.2 Å². The number of aromatic nitrogens is 1. The molecule has 0 bridgehead atoms. The first-order chi connectivity index (χ1) is 12.8. The molecule has 2 aromatic heterocycles. The second-order valence-electron chi connectivity index (χ2n) is 6.45. The average molecular weight is 351 g/mol. The molecule has 134 valence electrons. The summed E-state index contributed by atoms with van der Waals surface area (Å²) in [6.07, 6.45) is 6.73. The molecular formula is C20H21N3O3. The van der Waals surface area contributed by atoms with E-state index in [0.29, 0.717) is 13.0 Å². The molecule has 1 aromatic carbocycles. The zero-order chi connectivity index (χ0) is 17.8. The van der Waals surface area contributed by atoms with Crippen molar-refractivity contribution in [1.82, 2.24) is 15.6 Å². The SMILES string of the molecule is O=C(NCc1ccco1)[C@H]1C[C@H](Oc2ccc3cnccc3c2)CCN1. The minimum Gasteiger partial charge on any atom is -0.490 e. The lowest BCUT2D eigenvalue weighted by atomic mass is 10.0. The number of pyridine rings is 1. The van der Waals surface area contributed by atoms with E-state index in [2.05, 4.69) is 15.6 Å². The van der Waals surface area contributed by atoms with Crippen LogP contribution in [0, 0.1) is 0 Å². The predicted octanol–water partition coefficient (Wildman–Crippen LogP) is 2.64.